The maximum atomic E-state index is 11.3. The highest BCUT2D eigenvalue weighted by molar-refractivity contribution is 5.89. The molecule has 126 valence electrons. The SMILES string of the molecule is Cl.O=C(O)c1ccc2c(c1)NC(c1ccccc1)C1CCCOC21. The molecule has 0 bridgehead atoms. The molecule has 0 amide bonds. The maximum Gasteiger partial charge on any atom is 0.335 e. The molecule has 3 unspecified atom stereocenters. The van der Waals surface area contributed by atoms with Crippen molar-refractivity contribution < 1.29 is 14.6 Å². The number of fused-ring (bicyclic) bond motifs is 3. The molecule has 24 heavy (non-hydrogen) atoms. The molecule has 0 aliphatic carbocycles. The van der Waals surface area contributed by atoms with Gasteiger partial charge in [0.25, 0.3) is 0 Å². The number of anilines is 1. The monoisotopic (exact) mass is 345 g/mol. The topological polar surface area (TPSA) is 58.6 Å². The number of nitrogens with one attached hydrogen (secondary N) is 1. The summed E-state index contributed by atoms with van der Waals surface area (Å²) in [5.41, 5.74) is 3.48. The summed E-state index contributed by atoms with van der Waals surface area (Å²) in [6, 6.07) is 15.8. The van der Waals surface area contributed by atoms with E-state index in [2.05, 4.69) is 17.4 Å². The number of benzene rings is 2. The Morgan fingerprint density at radius 3 is 2.71 bits per heavy atom. The molecule has 0 aromatic heterocycles. The second-order valence-electron chi connectivity index (χ2n) is 6.24. The zero-order valence-electron chi connectivity index (χ0n) is 13.1. The van der Waals surface area contributed by atoms with Gasteiger partial charge in [0, 0.05) is 23.8 Å². The van der Waals surface area contributed by atoms with Crippen LogP contribution in [-0.4, -0.2) is 17.7 Å². The molecule has 3 atom stereocenters. The van der Waals surface area contributed by atoms with Gasteiger partial charge < -0.3 is 15.2 Å². The van der Waals surface area contributed by atoms with Gasteiger partial charge in [-0.05, 0) is 30.5 Å². The highest BCUT2D eigenvalue weighted by atomic mass is 35.5. The first kappa shape index (κ1) is 16.8. The number of rotatable bonds is 2. The summed E-state index contributed by atoms with van der Waals surface area (Å²) >= 11 is 0. The van der Waals surface area contributed by atoms with E-state index >= 15 is 0 Å². The molecule has 0 spiro atoms. The summed E-state index contributed by atoms with van der Waals surface area (Å²) in [5.74, 6) is -0.535. The first-order chi connectivity index (χ1) is 11.2. The predicted octanol–water partition coefficient (Wildman–Crippen LogP) is 4.44. The van der Waals surface area contributed by atoms with E-state index in [9.17, 15) is 9.90 Å². The zero-order valence-corrected chi connectivity index (χ0v) is 14.0. The molecule has 1 saturated heterocycles. The van der Waals surface area contributed by atoms with Crippen LogP contribution in [0.15, 0.2) is 48.5 Å². The fourth-order valence-electron chi connectivity index (χ4n) is 3.79. The number of carbonyl (C=O) groups is 1. The number of halogens is 1. The quantitative estimate of drug-likeness (QED) is 0.844. The van der Waals surface area contributed by atoms with Crippen LogP contribution >= 0.6 is 12.4 Å². The molecule has 2 aliphatic rings. The van der Waals surface area contributed by atoms with Gasteiger partial charge in [0.05, 0.1) is 17.7 Å². The lowest BCUT2D eigenvalue weighted by Crippen LogP contribution is -2.36. The van der Waals surface area contributed by atoms with E-state index in [1.165, 1.54) is 5.56 Å². The van der Waals surface area contributed by atoms with Gasteiger partial charge in [0.2, 0.25) is 0 Å². The molecule has 2 heterocycles. The highest BCUT2D eigenvalue weighted by Crippen LogP contribution is 2.49. The Hall–Kier alpha value is -2.04. The minimum absolute atomic E-state index is 0. The van der Waals surface area contributed by atoms with Crippen molar-refractivity contribution in [2.45, 2.75) is 25.0 Å². The van der Waals surface area contributed by atoms with Crippen LogP contribution in [0.5, 0.6) is 0 Å². The van der Waals surface area contributed by atoms with Crippen LogP contribution in [0.1, 0.15) is 46.5 Å². The molecule has 0 saturated carbocycles. The Morgan fingerprint density at radius 1 is 1.17 bits per heavy atom. The van der Waals surface area contributed by atoms with Gasteiger partial charge in [0.15, 0.2) is 0 Å². The molecule has 0 radical (unpaired) electrons. The number of aromatic carboxylic acids is 1. The van der Waals surface area contributed by atoms with Gasteiger partial charge in [-0.3, -0.25) is 0 Å². The van der Waals surface area contributed by atoms with Gasteiger partial charge in [-0.1, -0.05) is 36.4 Å². The first-order valence-corrected chi connectivity index (χ1v) is 8.04. The smallest absolute Gasteiger partial charge is 0.335 e. The average molecular weight is 346 g/mol. The number of ether oxygens (including phenoxy) is 1. The average Bonchev–Trinajstić information content (AvgIpc) is 2.61. The van der Waals surface area contributed by atoms with E-state index in [1.807, 2.05) is 24.3 Å². The molecule has 2 aromatic rings. The molecular weight excluding hydrogens is 326 g/mol. The van der Waals surface area contributed by atoms with E-state index in [0.29, 0.717) is 11.5 Å². The zero-order chi connectivity index (χ0) is 15.8. The van der Waals surface area contributed by atoms with Crippen LogP contribution in [0.25, 0.3) is 0 Å². The minimum atomic E-state index is -0.905. The summed E-state index contributed by atoms with van der Waals surface area (Å²) in [6.45, 7) is 0.767. The van der Waals surface area contributed by atoms with Crippen LogP contribution in [0.2, 0.25) is 0 Å². The van der Waals surface area contributed by atoms with Gasteiger partial charge in [-0.2, -0.15) is 0 Å². The summed E-state index contributed by atoms with van der Waals surface area (Å²) in [4.78, 5) is 11.3. The van der Waals surface area contributed by atoms with Gasteiger partial charge in [-0.15, -0.1) is 12.4 Å². The third-order valence-corrected chi connectivity index (χ3v) is 4.87. The van der Waals surface area contributed by atoms with Crippen LogP contribution < -0.4 is 5.32 Å². The van der Waals surface area contributed by atoms with Gasteiger partial charge in [-0.25, -0.2) is 4.79 Å². The molecule has 4 rings (SSSR count). The molecule has 4 nitrogen and oxygen atoms in total. The van der Waals surface area contributed by atoms with Gasteiger partial charge in [0.1, 0.15) is 0 Å². The van der Waals surface area contributed by atoms with Crippen molar-refractivity contribution in [1.82, 2.24) is 0 Å². The second kappa shape index (κ2) is 6.83. The third kappa shape index (κ3) is 2.87. The Kier molecular flexibility index (Phi) is 4.78. The van der Waals surface area contributed by atoms with E-state index in [-0.39, 0.29) is 24.6 Å². The Morgan fingerprint density at radius 2 is 1.96 bits per heavy atom. The minimum Gasteiger partial charge on any atom is -0.478 e. The summed E-state index contributed by atoms with van der Waals surface area (Å²) in [6.07, 6.45) is 2.21. The van der Waals surface area contributed by atoms with Crippen molar-refractivity contribution in [3.63, 3.8) is 0 Å². The fourth-order valence-corrected chi connectivity index (χ4v) is 3.79. The van der Waals surface area contributed by atoms with Crippen LogP contribution in [0.3, 0.4) is 0 Å². The number of carboxylic acids is 1. The molecule has 2 N–H and O–H groups in total. The van der Waals surface area contributed by atoms with E-state index in [0.717, 1.165) is 30.7 Å². The third-order valence-electron chi connectivity index (χ3n) is 4.87. The Balaban J connectivity index is 0.00000169. The molecule has 1 fully saturated rings. The molecular formula is C19H20ClNO3. The Labute approximate surface area is 147 Å². The standard InChI is InChI=1S/C19H19NO3.ClH/c21-19(22)13-8-9-14-16(11-13)20-17(12-5-2-1-3-6-12)15-7-4-10-23-18(14)15;/h1-3,5-6,8-9,11,15,17-18,20H,4,7,10H2,(H,21,22);1H. The van der Waals surface area contributed by atoms with Crippen molar-refractivity contribution in [3.8, 4) is 0 Å². The van der Waals surface area contributed by atoms with Crippen molar-refractivity contribution in [2.24, 2.45) is 5.92 Å². The molecule has 5 heteroatoms. The number of hydrogen-bond donors (Lipinski definition) is 2. The van der Waals surface area contributed by atoms with Crippen LogP contribution in [0, 0.1) is 5.92 Å². The lowest BCUT2D eigenvalue weighted by atomic mass is 9.77. The number of carboxylic acid groups (broad SMARTS) is 1. The molecule has 2 aliphatic heterocycles. The number of hydrogen-bond acceptors (Lipinski definition) is 3. The summed E-state index contributed by atoms with van der Waals surface area (Å²) in [7, 11) is 0. The Bertz CT molecular complexity index is 735. The van der Waals surface area contributed by atoms with Crippen molar-refractivity contribution >= 4 is 24.1 Å². The van der Waals surface area contributed by atoms with Gasteiger partial charge >= 0.3 is 5.97 Å². The van der Waals surface area contributed by atoms with E-state index in [1.54, 1.807) is 12.1 Å². The van der Waals surface area contributed by atoms with Crippen molar-refractivity contribution in [3.05, 3.63) is 65.2 Å². The summed E-state index contributed by atoms with van der Waals surface area (Å²) < 4.78 is 6.07. The van der Waals surface area contributed by atoms with E-state index < -0.39 is 5.97 Å². The van der Waals surface area contributed by atoms with Crippen LogP contribution in [-0.2, 0) is 4.74 Å². The fraction of sp³-hybridized carbons (Fsp3) is 0.316. The molecule has 2 aromatic carbocycles. The summed E-state index contributed by atoms with van der Waals surface area (Å²) in [5, 5.41) is 12.8. The second-order valence-corrected chi connectivity index (χ2v) is 6.24. The van der Waals surface area contributed by atoms with E-state index in [4.69, 9.17) is 4.74 Å². The normalized spacial score (nSPS) is 24.8. The van der Waals surface area contributed by atoms with Crippen LogP contribution in [0.4, 0.5) is 5.69 Å². The lowest BCUT2D eigenvalue weighted by Gasteiger charge is -2.43. The largest absolute Gasteiger partial charge is 0.478 e. The first-order valence-electron chi connectivity index (χ1n) is 8.04. The predicted molar refractivity (Wildman–Crippen MR) is 94.9 cm³/mol. The van der Waals surface area contributed by atoms with Crippen molar-refractivity contribution in [2.75, 3.05) is 11.9 Å². The highest BCUT2D eigenvalue weighted by Gasteiger charge is 2.39. The van der Waals surface area contributed by atoms with Crippen molar-refractivity contribution in [1.29, 1.82) is 0 Å². The maximum absolute atomic E-state index is 11.3. The lowest BCUT2D eigenvalue weighted by molar-refractivity contribution is -0.0381.